The normalized spacial score (nSPS) is 20.8. The van der Waals surface area contributed by atoms with Crippen molar-refractivity contribution in [3.63, 3.8) is 0 Å². The second kappa shape index (κ2) is 5.31. The lowest BCUT2D eigenvalue weighted by Gasteiger charge is -2.17. The van der Waals surface area contributed by atoms with E-state index >= 15 is 0 Å². The maximum Gasteiger partial charge on any atom is 0.306 e. The summed E-state index contributed by atoms with van der Waals surface area (Å²) in [4.78, 5) is 37.1. The Balaban J connectivity index is 1.89. The van der Waals surface area contributed by atoms with Gasteiger partial charge in [0.2, 0.25) is 5.91 Å². The van der Waals surface area contributed by atoms with Crippen molar-refractivity contribution in [2.75, 3.05) is 18.6 Å². The lowest BCUT2D eigenvalue weighted by atomic mass is 9.97. The zero-order valence-electron chi connectivity index (χ0n) is 11.9. The first-order valence-corrected chi connectivity index (χ1v) is 7.14. The van der Waals surface area contributed by atoms with Crippen LogP contribution in [-0.4, -0.2) is 31.3 Å². The molecule has 3 rings (SSSR count). The number of carbonyl (C=O) groups is 3. The van der Waals surface area contributed by atoms with Gasteiger partial charge in [0.15, 0.2) is 5.78 Å². The fourth-order valence-electron chi connectivity index (χ4n) is 3.14. The summed E-state index contributed by atoms with van der Waals surface area (Å²) in [5.41, 5.74) is 2.31. The molecule has 1 saturated heterocycles. The molecule has 1 aromatic rings. The molecule has 0 aromatic heterocycles. The van der Waals surface area contributed by atoms with Crippen molar-refractivity contribution in [2.24, 2.45) is 0 Å². The number of esters is 1. The molecule has 0 spiro atoms. The highest BCUT2D eigenvalue weighted by atomic mass is 16.5. The van der Waals surface area contributed by atoms with Gasteiger partial charge in [0, 0.05) is 36.6 Å². The highest BCUT2D eigenvalue weighted by molar-refractivity contribution is 6.04. The van der Waals surface area contributed by atoms with Crippen molar-refractivity contribution in [3.8, 4) is 0 Å². The minimum Gasteiger partial charge on any atom is -0.469 e. The molecule has 0 bridgehead atoms. The first-order chi connectivity index (χ1) is 10.1. The highest BCUT2D eigenvalue weighted by Crippen LogP contribution is 2.38. The number of rotatable bonds is 3. The van der Waals surface area contributed by atoms with Crippen LogP contribution in [0.2, 0.25) is 0 Å². The van der Waals surface area contributed by atoms with Crippen LogP contribution in [0.25, 0.3) is 0 Å². The van der Waals surface area contributed by atoms with E-state index in [0.717, 1.165) is 17.7 Å². The molecule has 0 radical (unpaired) electrons. The van der Waals surface area contributed by atoms with Crippen LogP contribution in [0.3, 0.4) is 0 Å². The number of methoxy groups -OCH3 is 1. The summed E-state index contributed by atoms with van der Waals surface area (Å²) < 4.78 is 4.68. The van der Waals surface area contributed by atoms with Crippen LogP contribution >= 0.6 is 0 Å². The number of fused-ring (bicyclic) bond motifs is 1. The molecule has 1 heterocycles. The van der Waals surface area contributed by atoms with Gasteiger partial charge in [-0.15, -0.1) is 0 Å². The smallest absolute Gasteiger partial charge is 0.306 e. The standard InChI is InChI=1S/C16H17NO4/c1-21-16(20)8-10-7-14(18)13-9-11(4-5-12(10)13)17-6-2-3-15(17)19/h4-5,9-10H,2-3,6-8H2,1H3/t10-/m0/s1. The Hall–Kier alpha value is -2.17. The van der Waals surface area contributed by atoms with E-state index in [-0.39, 0.29) is 30.0 Å². The Bertz CT molecular complexity index is 623. The van der Waals surface area contributed by atoms with Gasteiger partial charge in [-0.3, -0.25) is 14.4 Å². The van der Waals surface area contributed by atoms with E-state index < -0.39 is 0 Å². The van der Waals surface area contributed by atoms with E-state index in [1.807, 2.05) is 12.1 Å². The quantitative estimate of drug-likeness (QED) is 0.798. The van der Waals surface area contributed by atoms with Crippen molar-refractivity contribution in [1.29, 1.82) is 0 Å². The van der Waals surface area contributed by atoms with Gasteiger partial charge < -0.3 is 9.64 Å². The summed E-state index contributed by atoms with van der Waals surface area (Å²) in [6.07, 6.45) is 1.98. The second-order valence-electron chi connectivity index (χ2n) is 5.52. The summed E-state index contributed by atoms with van der Waals surface area (Å²) in [7, 11) is 1.35. The van der Waals surface area contributed by atoms with Crippen molar-refractivity contribution >= 4 is 23.3 Å². The Morgan fingerprint density at radius 3 is 2.86 bits per heavy atom. The average molecular weight is 287 g/mol. The number of Topliss-reactive ketones (excluding diaryl/α,β-unsaturated/α-hetero) is 1. The van der Waals surface area contributed by atoms with Crippen molar-refractivity contribution < 1.29 is 19.1 Å². The minimum absolute atomic E-state index is 0.0346. The van der Waals surface area contributed by atoms with Crippen LogP contribution in [0.5, 0.6) is 0 Å². The van der Waals surface area contributed by atoms with Crippen LogP contribution in [0.4, 0.5) is 5.69 Å². The first-order valence-electron chi connectivity index (χ1n) is 7.14. The Morgan fingerprint density at radius 1 is 1.38 bits per heavy atom. The Labute approximate surface area is 122 Å². The molecule has 0 unspecified atom stereocenters. The fourth-order valence-corrected chi connectivity index (χ4v) is 3.14. The zero-order chi connectivity index (χ0) is 15.0. The van der Waals surface area contributed by atoms with E-state index in [1.165, 1.54) is 7.11 Å². The molecule has 1 aliphatic carbocycles. The molecule has 1 fully saturated rings. The predicted molar refractivity (Wildman–Crippen MR) is 76.4 cm³/mol. The topological polar surface area (TPSA) is 63.7 Å². The van der Waals surface area contributed by atoms with E-state index in [4.69, 9.17) is 0 Å². The molecule has 1 aromatic carbocycles. The number of hydrogen-bond donors (Lipinski definition) is 0. The van der Waals surface area contributed by atoms with Crippen LogP contribution in [0.1, 0.15) is 47.5 Å². The minimum atomic E-state index is -0.306. The number of benzene rings is 1. The van der Waals surface area contributed by atoms with Gasteiger partial charge in [-0.05, 0) is 24.1 Å². The van der Waals surface area contributed by atoms with E-state index in [9.17, 15) is 14.4 Å². The van der Waals surface area contributed by atoms with E-state index in [2.05, 4.69) is 4.74 Å². The summed E-state index contributed by atoms with van der Waals surface area (Å²) in [5, 5.41) is 0. The number of ether oxygens (including phenoxy) is 1. The first kappa shape index (κ1) is 13.8. The van der Waals surface area contributed by atoms with E-state index in [0.29, 0.717) is 24.9 Å². The largest absolute Gasteiger partial charge is 0.469 e. The molecule has 1 aliphatic heterocycles. The molecule has 21 heavy (non-hydrogen) atoms. The average Bonchev–Trinajstić information content (AvgIpc) is 3.03. The van der Waals surface area contributed by atoms with Gasteiger partial charge in [-0.2, -0.15) is 0 Å². The van der Waals surface area contributed by atoms with Gasteiger partial charge in [0.25, 0.3) is 0 Å². The van der Waals surface area contributed by atoms with Gasteiger partial charge in [-0.1, -0.05) is 6.07 Å². The lowest BCUT2D eigenvalue weighted by Crippen LogP contribution is -2.23. The van der Waals surface area contributed by atoms with Crippen molar-refractivity contribution in [2.45, 2.75) is 31.6 Å². The number of nitrogens with zero attached hydrogens (tertiary/aromatic N) is 1. The van der Waals surface area contributed by atoms with Crippen molar-refractivity contribution in [1.82, 2.24) is 0 Å². The Morgan fingerprint density at radius 2 is 2.19 bits per heavy atom. The second-order valence-corrected chi connectivity index (χ2v) is 5.52. The summed E-state index contributed by atoms with van der Waals surface area (Å²) in [5.74, 6) is -0.276. The molecule has 110 valence electrons. The van der Waals surface area contributed by atoms with E-state index in [1.54, 1.807) is 11.0 Å². The maximum absolute atomic E-state index is 12.1. The van der Waals surface area contributed by atoms with Crippen LogP contribution in [0.15, 0.2) is 18.2 Å². The monoisotopic (exact) mass is 287 g/mol. The third-order valence-corrected chi connectivity index (χ3v) is 4.23. The van der Waals surface area contributed by atoms with Gasteiger partial charge in [-0.25, -0.2) is 0 Å². The van der Waals surface area contributed by atoms with Crippen LogP contribution in [0, 0.1) is 0 Å². The summed E-state index contributed by atoms with van der Waals surface area (Å²) in [6, 6.07) is 5.53. The molecule has 5 nitrogen and oxygen atoms in total. The summed E-state index contributed by atoms with van der Waals surface area (Å²) in [6.45, 7) is 0.706. The van der Waals surface area contributed by atoms with Crippen LogP contribution in [-0.2, 0) is 14.3 Å². The molecular formula is C16H17NO4. The third kappa shape index (κ3) is 2.44. The number of hydrogen-bond acceptors (Lipinski definition) is 4. The SMILES string of the molecule is COC(=O)C[C@@H]1CC(=O)c2cc(N3CCCC3=O)ccc21. The summed E-state index contributed by atoms with van der Waals surface area (Å²) >= 11 is 0. The number of anilines is 1. The molecule has 5 heteroatoms. The molecular weight excluding hydrogens is 270 g/mol. The number of amides is 1. The fraction of sp³-hybridized carbons (Fsp3) is 0.438. The zero-order valence-corrected chi connectivity index (χ0v) is 11.9. The van der Waals surface area contributed by atoms with Crippen LogP contribution < -0.4 is 4.90 Å². The number of ketones is 1. The predicted octanol–water partition coefficient (Wildman–Crippen LogP) is 2.05. The van der Waals surface area contributed by atoms with Gasteiger partial charge in [0.1, 0.15) is 0 Å². The van der Waals surface area contributed by atoms with Crippen molar-refractivity contribution in [3.05, 3.63) is 29.3 Å². The highest BCUT2D eigenvalue weighted by Gasteiger charge is 2.32. The van der Waals surface area contributed by atoms with Gasteiger partial charge in [0.05, 0.1) is 13.5 Å². The Kier molecular flexibility index (Phi) is 3.49. The third-order valence-electron chi connectivity index (χ3n) is 4.23. The molecule has 0 saturated carbocycles. The van der Waals surface area contributed by atoms with Gasteiger partial charge >= 0.3 is 5.97 Å². The number of carbonyl (C=O) groups excluding carboxylic acids is 3. The lowest BCUT2D eigenvalue weighted by molar-refractivity contribution is -0.141. The maximum atomic E-state index is 12.1. The molecule has 0 N–H and O–H groups in total. The molecule has 1 atom stereocenters. The molecule has 2 aliphatic rings. The molecule has 1 amide bonds.